The number of rotatable bonds is 8. The number of carbonyl (C=O) groups excluding carboxylic acids is 1. The molecule has 23 heavy (non-hydrogen) atoms. The lowest BCUT2D eigenvalue weighted by Gasteiger charge is -2.29. The molecular formula is C19H27N3O. The normalized spacial score (nSPS) is 13.0. The van der Waals surface area contributed by atoms with Gasteiger partial charge in [0.25, 0.3) is 0 Å². The van der Waals surface area contributed by atoms with Crippen LogP contribution in [0.4, 0.5) is 0 Å². The molecule has 1 aromatic carbocycles. The van der Waals surface area contributed by atoms with E-state index < -0.39 is 5.41 Å². The van der Waals surface area contributed by atoms with Crippen LogP contribution in [0.1, 0.15) is 63.6 Å². The van der Waals surface area contributed by atoms with Crippen LogP contribution in [-0.4, -0.2) is 20.5 Å². The fourth-order valence-corrected chi connectivity index (χ4v) is 2.88. The van der Waals surface area contributed by atoms with E-state index in [0.29, 0.717) is 0 Å². The molecule has 1 unspecified atom stereocenters. The van der Waals surface area contributed by atoms with Gasteiger partial charge in [0.15, 0.2) is 5.78 Å². The summed E-state index contributed by atoms with van der Waals surface area (Å²) in [5.41, 5.74) is 1.71. The van der Waals surface area contributed by atoms with Gasteiger partial charge in [0.2, 0.25) is 0 Å². The quantitative estimate of drug-likeness (QED) is 0.684. The molecule has 0 amide bonds. The summed E-state index contributed by atoms with van der Waals surface area (Å²) in [7, 11) is 0. The van der Waals surface area contributed by atoms with E-state index in [0.717, 1.165) is 31.2 Å². The number of ketones is 1. The van der Waals surface area contributed by atoms with Crippen molar-refractivity contribution >= 4 is 5.78 Å². The molecule has 1 aromatic heterocycles. The molecule has 4 nitrogen and oxygen atoms in total. The smallest absolute Gasteiger partial charge is 0.167 e. The summed E-state index contributed by atoms with van der Waals surface area (Å²) in [5.74, 6) is 0.197. The van der Waals surface area contributed by atoms with Gasteiger partial charge in [-0.15, -0.1) is 0 Å². The molecule has 0 radical (unpaired) electrons. The van der Waals surface area contributed by atoms with Crippen LogP contribution in [0.3, 0.4) is 0 Å². The third-order valence-corrected chi connectivity index (χ3v) is 4.53. The van der Waals surface area contributed by atoms with Gasteiger partial charge in [0, 0.05) is 0 Å². The van der Waals surface area contributed by atoms with Gasteiger partial charge < -0.3 is 0 Å². The molecule has 2 rings (SSSR count). The Morgan fingerprint density at radius 3 is 2.48 bits per heavy atom. The van der Waals surface area contributed by atoms with Crippen LogP contribution in [0.15, 0.2) is 36.9 Å². The number of unbranched alkanes of at least 4 members (excludes halogenated alkanes) is 2. The Balaban J connectivity index is 2.26. The minimum Gasteiger partial charge on any atom is -0.296 e. The highest BCUT2D eigenvalue weighted by Gasteiger charge is 2.36. The number of aromatic nitrogens is 3. The molecule has 0 N–H and O–H groups in total. The molecule has 124 valence electrons. The molecule has 1 heterocycles. The minimum atomic E-state index is -0.545. The van der Waals surface area contributed by atoms with Crippen molar-refractivity contribution in [2.45, 2.75) is 64.8 Å². The zero-order valence-corrected chi connectivity index (χ0v) is 14.6. The van der Waals surface area contributed by atoms with E-state index in [4.69, 9.17) is 0 Å². The lowest BCUT2D eigenvalue weighted by Crippen LogP contribution is -2.36. The van der Waals surface area contributed by atoms with Crippen LogP contribution in [0.2, 0.25) is 0 Å². The zero-order chi connectivity index (χ0) is 16.9. The maximum Gasteiger partial charge on any atom is 0.167 e. The zero-order valence-electron chi connectivity index (χ0n) is 14.6. The first-order valence-electron chi connectivity index (χ1n) is 8.42. The largest absolute Gasteiger partial charge is 0.296 e. The standard InChI is InChI=1S/C19H27N3O/c1-5-6-7-8-17(22-14-20-13-21-22)18(23)19(3,4)16-11-9-15(2)10-12-16/h9-14,17H,5-8H2,1-4H3. The summed E-state index contributed by atoms with van der Waals surface area (Å²) in [4.78, 5) is 17.3. The van der Waals surface area contributed by atoms with Crippen molar-refractivity contribution < 1.29 is 4.79 Å². The van der Waals surface area contributed by atoms with Gasteiger partial charge in [-0.1, -0.05) is 56.0 Å². The van der Waals surface area contributed by atoms with Gasteiger partial charge in [-0.2, -0.15) is 5.10 Å². The van der Waals surface area contributed by atoms with Crippen molar-refractivity contribution in [2.75, 3.05) is 0 Å². The Labute approximate surface area is 138 Å². The Bertz CT molecular complexity index is 615. The second-order valence-corrected chi connectivity index (χ2v) is 6.74. The maximum absolute atomic E-state index is 13.3. The monoisotopic (exact) mass is 313 g/mol. The number of Topliss-reactive ketones (excluding diaryl/α,β-unsaturated/α-hetero) is 1. The molecule has 0 aliphatic heterocycles. The van der Waals surface area contributed by atoms with Crippen molar-refractivity contribution in [2.24, 2.45) is 0 Å². The third-order valence-electron chi connectivity index (χ3n) is 4.53. The number of aryl methyl sites for hydroxylation is 1. The number of hydrogen-bond acceptors (Lipinski definition) is 3. The van der Waals surface area contributed by atoms with Crippen molar-refractivity contribution in [3.63, 3.8) is 0 Å². The molecule has 0 bridgehead atoms. The second kappa shape index (κ2) is 7.53. The van der Waals surface area contributed by atoms with Crippen molar-refractivity contribution in [3.8, 4) is 0 Å². The molecule has 2 aromatic rings. The van der Waals surface area contributed by atoms with Crippen LogP contribution in [0.25, 0.3) is 0 Å². The molecule has 0 saturated heterocycles. The highest BCUT2D eigenvalue weighted by Crippen LogP contribution is 2.31. The van der Waals surface area contributed by atoms with Crippen LogP contribution >= 0.6 is 0 Å². The van der Waals surface area contributed by atoms with E-state index in [1.54, 1.807) is 11.0 Å². The lowest BCUT2D eigenvalue weighted by molar-refractivity contribution is -0.127. The van der Waals surface area contributed by atoms with E-state index in [-0.39, 0.29) is 11.8 Å². The summed E-state index contributed by atoms with van der Waals surface area (Å²) < 4.78 is 1.72. The molecule has 1 atom stereocenters. The van der Waals surface area contributed by atoms with E-state index in [2.05, 4.69) is 48.2 Å². The predicted molar refractivity (Wildman–Crippen MR) is 92.4 cm³/mol. The molecule has 0 saturated carbocycles. The van der Waals surface area contributed by atoms with Gasteiger partial charge in [0.1, 0.15) is 18.7 Å². The molecule has 4 heteroatoms. The number of benzene rings is 1. The Hall–Kier alpha value is -1.97. The molecule has 0 fully saturated rings. The van der Waals surface area contributed by atoms with Gasteiger partial charge in [-0.25, -0.2) is 9.67 Å². The first-order valence-corrected chi connectivity index (χ1v) is 8.42. The number of hydrogen-bond donors (Lipinski definition) is 0. The topological polar surface area (TPSA) is 47.8 Å². The number of nitrogens with zero attached hydrogens (tertiary/aromatic N) is 3. The van der Waals surface area contributed by atoms with E-state index in [1.807, 2.05) is 13.8 Å². The molecule has 0 spiro atoms. The van der Waals surface area contributed by atoms with Crippen LogP contribution < -0.4 is 0 Å². The summed E-state index contributed by atoms with van der Waals surface area (Å²) in [6, 6.07) is 7.98. The molecule has 0 aliphatic carbocycles. The first-order chi connectivity index (χ1) is 11.0. The number of carbonyl (C=O) groups is 1. The fraction of sp³-hybridized carbons (Fsp3) is 0.526. The van der Waals surface area contributed by atoms with Crippen LogP contribution in [0.5, 0.6) is 0 Å². The fourth-order valence-electron chi connectivity index (χ4n) is 2.88. The third kappa shape index (κ3) is 4.06. The maximum atomic E-state index is 13.3. The van der Waals surface area contributed by atoms with Gasteiger partial charge in [0.05, 0.1) is 5.41 Å². The van der Waals surface area contributed by atoms with Crippen molar-refractivity contribution in [1.29, 1.82) is 0 Å². The second-order valence-electron chi connectivity index (χ2n) is 6.74. The SMILES string of the molecule is CCCCCC(C(=O)C(C)(C)c1ccc(C)cc1)n1cncn1. The lowest BCUT2D eigenvalue weighted by atomic mass is 9.76. The summed E-state index contributed by atoms with van der Waals surface area (Å²) >= 11 is 0. The van der Waals surface area contributed by atoms with E-state index in [9.17, 15) is 4.79 Å². The minimum absolute atomic E-state index is 0.197. The summed E-state index contributed by atoms with van der Waals surface area (Å²) in [6.07, 6.45) is 7.25. The van der Waals surface area contributed by atoms with Crippen LogP contribution in [-0.2, 0) is 10.2 Å². The van der Waals surface area contributed by atoms with Gasteiger partial charge in [-0.3, -0.25) is 4.79 Å². The van der Waals surface area contributed by atoms with Crippen molar-refractivity contribution in [3.05, 3.63) is 48.0 Å². The average Bonchev–Trinajstić information content (AvgIpc) is 3.05. The predicted octanol–water partition coefficient (Wildman–Crippen LogP) is 4.25. The van der Waals surface area contributed by atoms with E-state index in [1.165, 1.54) is 11.9 Å². The van der Waals surface area contributed by atoms with E-state index >= 15 is 0 Å². The molecular weight excluding hydrogens is 286 g/mol. The summed E-state index contributed by atoms with van der Waals surface area (Å²) in [5, 5.41) is 4.22. The van der Waals surface area contributed by atoms with Crippen molar-refractivity contribution in [1.82, 2.24) is 14.8 Å². The van der Waals surface area contributed by atoms with Crippen LogP contribution in [0, 0.1) is 6.92 Å². The highest BCUT2D eigenvalue weighted by molar-refractivity contribution is 5.92. The Morgan fingerprint density at radius 2 is 1.91 bits per heavy atom. The first kappa shape index (κ1) is 17.4. The Morgan fingerprint density at radius 1 is 1.22 bits per heavy atom. The van der Waals surface area contributed by atoms with Gasteiger partial charge >= 0.3 is 0 Å². The highest BCUT2D eigenvalue weighted by atomic mass is 16.1. The Kier molecular flexibility index (Phi) is 5.69. The summed E-state index contributed by atoms with van der Waals surface area (Å²) in [6.45, 7) is 8.23. The van der Waals surface area contributed by atoms with Gasteiger partial charge in [-0.05, 0) is 32.8 Å². The average molecular weight is 313 g/mol. The molecule has 0 aliphatic rings.